The molecule has 2 aromatic rings. The first-order valence-electron chi connectivity index (χ1n) is 9.06. The van der Waals surface area contributed by atoms with Crippen molar-refractivity contribution in [3.63, 3.8) is 0 Å². The number of nitrogens with zero attached hydrogens (tertiary/aromatic N) is 1. The fourth-order valence-corrected chi connectivity index (χ4v) is 3.46. The van der Waals surface area contributed by atoms with E-state index in [0.29, 0.717) is 11.0 Å². The Morgan fingerprint density at radius 2 is 1.92 bits per heavy atom. The molecule has 0 aliphatic carbocycles. The van der Waals surface area contributed by atoms with Crippen molar-refractivity contribution in [3.05, 3.63) is 53.6 Å². The lowest BCUT2D eigenvalue weighted by Gasteiger charge is -2.19. The van der Waals surface area contributed by atoms with Crippen LogP contribution in [0.3, 0.4) is 0 Å². The summed E-state index contributed by atoms with van der Waals surface area (Å²) in [6.45, 7) is 7.25. The third-order valence-corrected chi connectivity index (χ3v) is 5.29. The lowest BCUT2D eigenvalue weighted by molar-refractivity contribution is 0.415. The zero-order chi connectivity index (χ0) is 18.5. The van der Waals surface area contributed by atoms with E-state index >= 15 is 0 Å². The quantitative estimate of drug-likeness (QED) is 0.775. The van der Waals surface area contributed by atoms with Crippen molar-refractivity contribution in [2.45, 2.75) is 20.3 Å². The van der Waals surface area contributed by atoms with Crippen molar-refractivity contribution in [2.75, 3.05) is 37.0 Å². The van der Waals surface area contributed by atoms with E-state index in [2.05, 4.69) is 59.7 Å². The Morgan fingerprint density at radius 3 is 2.62 bits per heavy atom. The molecule has 138 valence electrons. The maximum atomic E-state index is 5.45. The Balaban J connectivity index is 1.46. The SMILES string of the molecule is COc1ccc(N2CCC(CNC(=S)Nc3ccc(C)c(C)c3)C2)cc1. The molecule has 26 heavy (non-hydrogen) atoms. The van der Waals surface area contributed by atoms with E-state index < -0.39 is 0 Å². The van der Waals surface area contributed by atoms with Crippen LogP contribution >= 0.6 is 12.2 Å². The number of methoxy groups -OCH3 is 1. The standard InChI is InChI=1S/C21H27N3OS/c1-15-4-5-18(12-16(15)2)23-21(26)22-13-17-10-11-24(14-17)19-6-8-20(25-3)9-7-19/h4-9,12,17H,10-11,13-14H2,1-3H3,(H2,22,23,26). The highest BCUT2D eigenvalue weighted by atomic mass is 32.1. The predicted octanol–water partition coefficient (Wildman–Crippen LogP) is 4.12. The molecule has 2 aromatic carbocycles. The lowest BCUT2D eigenvalue weighted by atomic mass is 10.1. The van der Waals surface area contributed by atoms with E-state index in [4.69, 9.17) is 17.0 Å². The molecular formula is C21H27N3OS. The maximum Gasteiger partial charge on any atom is 0.170 e. The second kappa shape index (κ2) is 8.41. The number of rotatable bonds is 5. The topological polar surface area (TPSA) is 36.5 Å². The Morgan fingerprint density at radius 1 is 1.15 bits per heavy atom. The summed E-state index contributed by atoms with van der Waals surface area (Å²) < 4.78 is 5.23. The van der Waals surface area contributed by atoms with Crippen molar-refractivity contribution >= 4 is 28.7 Å². The Bertz CT molecular complexity index is 760. The molecule has 1 aliphatic heterocycles. The summed E-state index contributed by atoms with van der Waals surface area (Å²) in [5.74, 6) is 1.49. The molecule has 1 unspecified atom stereocenters. The third kappa shape index (κ3) is 4.67. The fraction of sp³-hybridized carbons (Fsp3) is 0.381. The Kier molecular flexibility index (Phi) is 5.99. The molecule has 1 fully saturated rings. The molecule has 1 saturated heterocycles. The van der Waals surface area contributed by atoms with Crippen LogP contribution in [0, 0.1) is 19.8 Å². The Hall–Kier alpha value is -2.27. The molecule has 1 heterocycles. The minimum absolute atomic E-state index is 0.594. The van der Waals surface area contributed by atoms with Crippen molar-refractivity contribution in [1.29, 1.82) is 0 Å². The van der Waals surface area contributed by atoms with Gasteiger partial charge in [0, 0.05) is 31.0 Å². The normalized spacial score (nSPS) is 16.4. The summed E-state index contributed by atoms with van der Waals surface area (Å²) >= 11 is 5.45. The van der Waals surface area contributed by atoms with E-state index in [-0.39, 0.29) is 0 Å². The van der Waals surface area contributed by atoms with Crippen LogP contribution in [-0.4, -0.2) is 31.9 Å². The van der Waals surface area contributed by atoms with Crippen LogP contribution in [-0.2, 0) is 0 Å². The molecule has 1 atom stereocenters. The predicted molar refractivity (Wildman–Crippen MR) is 113 cm³/mol. The number of hydrogen-bond donors (Lipinski definition) is 2. The van der Waals surface area contributed by atoms with Gasteiger partial charge in [0.2, 0.25) is 0 Å². The van der Waals surface area contributed by atoms with Crippen LogP contribution in [0.5, 0.6) is 5.75 Å². The highest BCUT2D eigenvalue weighted by molar-refractivity contribution is 7.80. The number of hydrogen-bond acceptors (Lipinski definition) is 3. The van der Waals surface area contributed by atoms with Gasteiger partial charge in [-0.3, -0.25) is 0 Å². The molecular weight excluding hydrogens is 342 g/mol. The van der Waals surface area contributed by atoms with Crippen LogP contribution < -0.4 is 20.3 Å². The van der Waals surface area contributed by atoms with Gasteiger partial charge in [0.1, 0.15) is 5.75 Å². The number of aryl methyl sites for hydroxylation is 2. The summed E-state index contributed by atoms with van der Waals surface area (Å²) in [7, 11) is 1.70. The van der Waals surface area contributed by atoms with E-state index in [1.54, 1.807) is 7.11 Å². The molecule has 0 saturated carbocycles. The van der Waals surface area contributed by atoms with Crippen molar-refractivity contribution < 1.29 is 4.74 Å². The number of thiocarbonyl (C=S) groups is 1. The van der Waals surface area contributed by atoms with Gasteiger partial charge >= 0.3 is 0 Å². The first-order valence-corrected chi connectivity index (χ1v) is 9.47. The van der Waals surface area contributed by atoms with Gasteiger partial charge in [-0.05, 0) is 85.9 Å². The number of anilines is 2. The van der Waals surface area contributed by atoms with Gasteiger partial charge in [-0.15, -0.1) is 0 Å². The molecule has 0 radical (unpaired) electrons. The first kappa shape index (κ1) is 18.5. The number of nitrogens with one attached hydrogen (secondary N) is 2. The van der Waals surface area contributed by atoms with Gasteiger partial charge in [-0.2, -0.15) is 0 Å². The molecule has 5 heteroatoms. The highest BCUT2D eigenvalue weighted by Gasteiger charge is 2.22. The maximum absolute atomic E-state index is 5.45. The molecule has 0 amide bonds. The van der Waals surface area contributed by atoms with Gasteiger partial charge < -0.3 is 20.3 Å². The van der Waals surface area contributed by atoms with Gasteiger partial charge in [0.15, 0.2) is 5.11 Å². The van der Waals surface area contributed by atoms with Crippen molar-refractivity contribution in [3.8, 4) is 5.75 Å². The minimum atomic E-state index is 0.594. The monoisotopic (exact) mass is 369 g/mol. The minimum Gasteiger partial charge on any atom is -0.497 e. The van der Waals surface area contributed by atoms with Crippen LogP contribution in [0.1, 0.15) is 17.5 Å². The summed E-state index contributed by atoms with van der Waals surface area (Å²) in [4.78, 5) is 2.42. The molecule has 4 nitrogen and oxygen atoms in total. The number of benzene rings is 2. The second-order valence-electron chi connectivity index (χ2n) is 6.93. The van der Waals surface area contributed by atoms with Gasteiger partial charge in [0.25, 0.3) is 0 Å². The summed E-state index contributed by atoms with van der Waals surface area (Å²) in [5.41, 5.74) is 4.85. The molecule has 2 N–H and O–H groups in total. The summed E-state index contributed by atoms with van der Waals surface area (Å²) in [6.07, 6.45) is 1.17. The van der Waals surface area contributed by atoms with Crippen molar-refractivity contribution in [1.82, 2.24) is 5.32 Å². The summed E-state index contributed by atoms with van der Waals surface area (Å²) in [5, 5.41) is 7.34. The smallest absolute Gasteiger partial charge is 0.170 e. The molecule has 1 aliphatic rings. The average molecular weight is 370 g/mol. The largest absolute Gasteiger partial charge is 0.497 e. The van der Waals surface area contributed by atoms with Crippen LogP contribution in [0.2, 0.25) is 0 Å². The van der Waals surface area contributed by atoms with Crippen LogP contribution in [0.25, 0.3) is 0 Å². The molecule has 0 spiro atoms. The van der Waals surface area contributed by atoms with E-state index in [1.807, 2.05) is 12.1 Å². The molecule has 3 rings (SSSR count). The van der Waals surface area contributed by atoms with Crippen molar-refractivity contribution in [2.24, 2.45) is 5.92 Å². The van der Waals surface area contributed by atoms with E-state index in [1.165, 1.54) is 23.2 Å². The fourth-order valence-electron chi connectivity index (χ4n) is 3.26. The van der Waals surface area contributed by atoms with Gasteiger partial charge in [-0.1, -0.05) is 6.07 Å². The van der Waals surface area contributed by atoms with Crippen LogP contribution in [0.15, 0.2) is 42.5 Å². The summed E-state index contributed by atoms with van der Waals surface area (Å²) in [6, 6.07) is 14.6. The molecule has 0 bridgehead atoms. The van der Waals surface area contributed by atoms with Gasteiger partial charge in [0.05, 0.1) is 7.11 Å². The average Bonchev–Trinajstić information content (AvgIpc) is 3.12. The molecule has 0 aromatic heterocycles. The zero-order valence-corrected chi connectivity index (χ0v) is 16.5. The lowest BCUT2D eigenvalue weighted by Crippen LogP contribution is -2.34. The third-order valence-electron chi connectivity index (χ3n) is 5.04. The van der Waals surface area contributed by atoms with E-state index in [9.17, 15) is 0 Å². The van der Waals surface area contributed by atoms with Gasteiger partial charge in [-0.25, -0.2) is 0 Å². The number of ether oxygens (including phenoxy) is 1. The second-order valence-corrected chi connectivity index (χ2v) is 7.34. The van der Waals surface area contributed by atoms with E-state index in [0.717, 1.165) is 31.1 Å². The van der Waals surface area contributed by atoms with Crippen LogP contribution in [0.4, 0.5) is 11.4 Å². The Labute approximate surface area is 161 Å². The zero-order valence-electron chi connectivity index (χ0n) is 15.7. The highest BCUT2D eigenvalue weighted by Crippen LogP contribution is 2.25. The first-order chi connectivity index (χ1) is 12.5.